The Morgan fingerprint density at radius 1 is 1.29 bits per heavy atom. The lowest BCUT2D eigenvalue weighted by Crippen LogP contribution is -2.48. The van der Waals surface area contributed by atoms with E-state index in [1.165, 1.54) is 10.9 Å². The summed E-state index contributed by atoms with van der Waals surface area (Å²) < 4.78 is 45.9. The summed E-state index contributed by atoms with van der Waals surface area (Å²) in [5, 5.41) is 3.04. The number of rotatable bonds is 4. The fourth-order valence-corrected chi connectivity index (χ4v) is 4.17. The standard InChI is InChI=1S/C18H21F3N4O3/c1-28-9-13(18(19,20)21)24-8-11-15(17(24)27)22-14-7-12(23-25(14)16(11)26)10-5-3-2-4-6-10/h7,10,13,23H,2-6,8-9H2,1H3/t13-/m1/s1. The quantitative estimate of drug-likeness (QED) is 0.859. The molecule has 10 heteroatoms. The van der Waals surface area contributed by atoms with Crippen LogP contribution >= 0.6 is 0 Å². The summed E-state index contributed by atoms with van der Waals surface area (Å²) >= 11 is 0. The molecule has 3 heterocycles. The molecule has 0 unspecified atom stereocenters. The summed E-state index contributed by atoms with van der Waals surface area (Å²) in [7, 11) is 1.13. The number of nitrogens with zero attached hydrogens (tertiary/aromatic N) is 3. The molecular formula is C18H21F3N4O3. The van der Waals surface area contributed by atoms with Gasteiger partial charge in [0, 0.05) is 24.8 Å². The summed E-state index contributed by atoms with van der Waals surface area (Å²) in [6.07, 6.45) is 0.778. The van der Waals surface area contributed by atoms with Gasteiger partial charge in [-0.2, -0.15) is 13.2 Å². The lowest BCUT2D eigenvalue weighted by molar-refractivity contribution is -0.188. The van der Waals surface area contributed by atoms with E-state index in [1.807, 2.05) is 0 Å². The minimum Gasteiger partial charge on any atom is -0.382 e. The van der Waals surface area contributed by atoms with Crippen LogP contribution in [0.25, 0.3) is 5.65 Å². The third-order valence-corrected chi connectivity index (χ3v) is 5.64. The van der Waals surface area contributed by atoms with Crippen LogP contribution in [0.5, 0.6) is 0 Å². The smallest absolute Gasteiger partial charge is 0.382 e. The number of fused-ring (bicyclic) bond motifs is 2. The number of aromatic nitrogens is 3. The molecule has 1 N–H and O–H groups in total. The number of hydrogen-bond donors (Lipinski definition) is 1. The van der Waals surface area contributed by atoms with Gasteiger partial charge in [0.05, 0.1) is 18.7 Å². The topological polar surface area (TPSA) is 79.7 Å². The molecular weight excluding hydrogens is 377 g/mol. The Kier molecular flexibility index (Phi) is 4.68. The first kappa shape index (κ1) is 19.0. The molecule has 0 saturated heterocycles. The molecule has 2 aromatic heterocycles. The molecule has 2 aliphatic rings. The molecule has 1 aliphatic heterocycles. The van der Waals surface area contributed by atoms with Crippen LogP contribution in [0.15, 0.2) is 10.9 Å². The average molecular weight is 398 g/mol. The van der Waals surface area contributed by atoms with Crippen LogP contribution in [-0.4, -0.2) is 51.3 Å². The maximum absolute atomic E-state index is 13.3. The first-order valence-electron chi connectivity index (χ1n) is 9.32. The van der Waals surface area contributed by atoms with E-state index in [1.54, 1.807) is 6.07 Å². The van der Waals surface area contributed by atoms with E-state index >= 15 is 0 Å². The number of amides is 1. The van der Waals surface area contributed by atoms with Gasteiger partial charge in [-0.15, -0.1) is 0 Å². The normalized spacial score (nSPS) is 19.4. The van der Waals surface area contributed by atoms with E-state index in [4.69, 9.17) is 0 Å². The molecule has 2 aromatic rings. The highest BCUT2D eigenvalue weighted by Crippen LogP contribution is 2.33. The predicted octanol–water partition coefficient (Wildman–Crippen LogP) is 2.60. The predicted molar refractivity (Wildman–Crippen MR) is 93.2 cm³/mol. The molecule has 0 aromatic carbocycles. The molecule has 0 bridgehead atoms. The molecule has 0 radical (unpaired) electrons. The molecule has 1 fully saturated rings. The Balaban J connectivity index is 1.71. The van der Waals surface area contributed by atoms with Gasteiger partial charge < -0.3 is 9.64 Å². The van der Waals surface area contributed by atoms with Crippen molar-refractivity contribution in [3.8, 4) is 0 Å². The van der Waals surface area contributed by atoms with Crippen LogP contribution in [0.2, 0.25) is 0 Å². The summed E-state index contributed by atoms with van der Waals surface area (Å²) in [6.45, 7) is -1.14. The number of halogens is 3. The fraction of sp³-hybridized carbons (Fsp3) is 0.611. The second-order valence-electron chi connectivity index (χ2n) is 7.43. The number of carbonyl (C=O) groups excluding carboxylic acids is 1. The summed E-state index contributed by atoms with van der Waals surface area (Å²) in [4.78, 5) is 30.3. The van der Waals surface area contributed by atoms with Crippen LogP contribution in [0.1, 0.15) is 59.8 Å². The summed E-state index contributed by atoms with van der Waals surface area (Å²) in [5.41, 5.74) is 0.380. The van der Waals surface area contributed by atoms with E-state index in [0.29, 0.717) is 10.8 Å². The zero-order valence-electron chi connectivity index (χ0n) is 15.4. The van der Waals surface area contributed by atoms with Gasteiger partial charge in [0.25, 0.3) is 11.5 Å². The van der Waals surface area contributed by atoms with Gasteiger partial charge in [0.1, 0.15) is 5.69 Å². The van der Waals surface area contributed by atoms with Crippen molar-refractivity contribution < 1.29 is 22.7 Å². The number of H-pyrrole nitrogens is 1. The second kappa shape index (κ2) is 6.91. The van der Waals surface area contributed by atoms with Crippen molar-refractivity contribution in [1.29, 1.82) is 0 Å². The van der Waals surface area contributed by atoms with Crippen LogP contribution in [-0.2, 0) is 11.3 Å². The van der Waals surface area contributed by atoms with Gasteiger partial charge >= 0.3 is 6.18 Å². The number of carbonyl (C=O) groups is 1. The third-order valence-electron chi connectivity index (χ3n) is 5.64. The van der Waals surface area contributed by atoms with E-state index in [-0.39, 0.29) is 16.9 Å². The van der Waals surface area contributed by atoms with Crippen LogP contribution in [0.4, 0.5) is 13.2 Å². The first-order valence-corrected chi connectivity index (χ1v) is 9.32. The van der Waals surface area contributed by atoms with Crippen molar-refractivity contribution in [3.05, 3.63) is 33.4 Å². The molecule has 1 amide bonds. The fourth-order valence-electron chi connectivity index (χ4n) is 4.17. The average Bonchev–Trinajstić information content (AvgIpc) is 3.23. The minimum absolute atomic E-state index is 0.0232. The Bertz CT molecular complexity index is 959. The number of hydrogen-bond acceptors (Lipinski definition) is 4. The molecule has 4 rings (SSSR count). The molecule has 152 valence electrons. The molecule has 1 saturated carbocycles. The second-order valence-corrected chi connectivity index (χ2v) is 7.43. The van der Waals surface area contributed by atoms with Gasteiger partial charge in [-0.05, 0) is 12.8 Å². The Morgan fingerprint density at radius 3 is 2.64 bits per heavy atom. The SMILES string of the molecule is COC[C@@H](N1Cc2c(nc3cc(C4CCCCC4)[nH]n3c2=O)C1=O)C(F)(F)F. The zero-order chi connectivity index (χ0) is 20.1. The van der Waals surface area contributed by atoms with E-state index in [2.05, 4.69) is 14.8 Å². The number of ether oxygens (including phenoxy) is 1. The van der Waals surface area contributed by atoms with Crippen molar-refractivity contribution in [2.24, 2.45) is 0 Å². The molecule has 1 atom stereocenters. The van der Waals surface area contributed by atoms with Crippen molar-refractivity contribution >= 4 is 11.6 Å². The highest BCUT2D eigenvalue weighted by atomic mass is 19.4. The summed E-state index contributed by atoms with van der Waals surface area (Å²) in [5.74, 6) is -0.595. The number of alkyl halides is 3. The number of nitrogens with one attached hydrogen (secondary N) is 1. The minimum atomic E-state index is -4.67. The van der Waals surface area contributed by atoms with Crippen LogP contribution < -0.4 is 5.56 Å². The number of aromatic amines is 1. The van der Waals surface area contributed by atoms with Gasteiger partial charge in [0.15, 0.2) is 11.7 Å². The Labute approximate surface area is 158 Å². The van der Waals surface area contributed by atoms with Crippen molar-refractivity contribution in [2.45, 2.75) is 56.8 Å². The Hall–Kier alpha value is -2.36. The van der Waals surface area contributed by atoms with Crippen LogP contribution in [0.3, 0.4) is 0 Å². The van der Waals surface area contributed by atoms with E-state index < -0.39 is 36.8 Å². The maximum atomic E-state index is 13.3. The van der Waals surface area contributed by atoms with E-state index in [0.717, 1.165) is 38.5 Å². The highest BCUT2D eigenvalue weighted by Gasteiger charge is 2.49. The highest BCUT2D eigenvalue weighted by molar-refractivity contribution is 5.97. The monoisotopic (exact) mass is 398 g/mol. The molecule has 0 spiro atoms. The van der Waals surface area contributed by atoms with Gasteiger partial charge in [-0.25, -0.2) is 9.50 Å². The third kappa shape index (κ3) is 3.09. The van der Waals surface area contributed by atoms with Gasteiger partial charge in [-0.3, -0.25) is 14.7 Å². The molecule has 1 aliphatic carbocycles. The van der Waals surface area contributed by atoms with Crippen LogP contribution in [0, 0.1) is 0 Å². The molecule has 7 nitrogen and oxygen atoms in total. The van der Waals surface area contributed by atoms with Crippen molar-refractivity contribution in [2.75, 3.05) is 13.7 Å². The molecule has 28 heavy (non-hydrogen) atoms. The lowest BCUT2D eigenvalue weighted by atomic mass is 9.87. The zero-order valence-corrected chi connectivity index (χ0v) is 15.4. The summed E-state index contributed by atoms with van der Waals surface area (Å²) in [6, 6.07) is -0.399. The first-order chi connectivity index (χ1) is 13.3. The van der Waals surface area contributed by atoms with Crippen molar-refractivity contribution in [3.63, 3.8) is 0 Å². The largest absolute Gasteiger partial charge is 0.411 e. The van der Waals surface area contributed by atoms with Gasteiger partial charge in [-0.1, -0.05) is 19.3 Å². The van der Waals surface area contributed by atoms with Gasteiger partial charge in [0.2, 0.25) is 0 Å². The lowest BCUT2D eigenvalue weighted by Gasteiger charge is -2.28. The number of methoxy groups -OCH3 is 1. The maximum Gasteiger partial charge on any atom is 0.411 e. The van der Waals surface area contributed by atoms with Crippen molar-refractivity contribution in [1.82, 2.24) is 19.5 Å². The van der Waals surface area contributed by atoms with E-state index in [9.17, 15) is 22.8 Å². The Morgan fingerprint density at radius 2 is 2.00 bits per heavy atom.